The normalized spacial score (nSPS) is 15.6. The number of aromatic amines is 2. The summed E-state index contributed by atoms with van der Waals surface area (Å²) >= 11 is 7.43. The van der Waals surface area contributed by atoms with Crippen molar-refractivity contribution in [1.82, 2.24) is 25.3 Å². The fourth-order valence-electron chi connectivity index (χ4n) is 4.37. The third kappa shape index (κ3) is 3.88. The zero-order chi connectivity index (χ0) is 24.1. The lowest BCUT2D eigenvalue weighted by Crippen LogP contribution is -2.29. The number of aromatic nitrogens is 4. The number of aliphatic hydroxyl groups excluding tert-OH is 1. The zero-order valence-corrected chi connectivity index (χ0v) is 20.1. The number of nitrogens with zero attached hydrogens (tertiary/aromatic N) is 2. The molecule has 9 nitrogen and oxygen atoms in total. The lowest BCUT2D eigenvalue weighted by atomic mass is 9.93. The minimum Gasteiger partial charge on any atom is -0.461 e. The first kappa shape index (κ1) is 22.2. The molecule has 0 bridgehead atoms. The van der Waals surface area contributed by atoms with Crippen LogP contribution in [-0.4, -0.2) is 44.2 Å². The van der Waals surface area contributed by atoms with Gasteiger partial charge in [-0.1, -0.05) is 11.6 Å². The molecule has 6 rings (SSSR count). The van der Waals surface area contributed by atoms with Gasteiger partial charge in [-0.25, -0.2) is 14.8 Å². The number of hydrogen-bond acceptors (Lipinski definition) is 8. The van der Waals surface area contributed by atoms with Crippen molar-refractivity contribution in [3.63, 3.8) is 0 Å². The maximum absolute atomic E-state index is 12.5. The van der Waals surface area contributed by atoms with Crippen LogP contribution in [0.15, 0.2) is 51.2 Å². The highest BCUT2D eigenvalue weighted by Crippen LogP contribution is 2.41. The number of fused-ring (bicyclic) bond motifs is 3. The van der Waals surface area contributed by atoms with E-state index in [9.17, 15) is 9.90 Å². The highest BCUT2D eigenvalue weighted by molar-refractivity contribution is 7.99. The summed E-state index contributed by atoms with van der Waals surface area (Å²) in [5.74, 6) is 0.0801. The van der Waals surface area contributed by atoms with Crippen LogP contribution in [0.2, 0.25) is 5.02 Å². The SMILES string of the molecule is CCOC(=O)c1[nH]cc2c(-c3ccc(Sc4nc5ccc(Cl)cc5[nH]4)o3)c3c(nc12)CNCC3O. The number of ether oxygens (including phenoxy) is 1. The number of hydrogen-bond donors (Lipinski definition) is 4. The highest BCUT2D eigenvalue weighted by Gasteiger charge is 2.29. The van der Waals surface area contributed by atoms with E-state index in [0.717, 1.165) is 11.0 Å². The van der Waals surface area contributed by atoms with Crippen molar-refractivity contribution in [3.05, 3.63) is 58.5 Å². The summed E-state index contributed by atoms with van der Waals surface area (Å²) in [6.07, 6.45) is 0.935. The molecule has 0 saturated heterocycles. The number of rotatable bonds is 5. The van der Waals surface area contributed by atoms with Crippen molar-refractivity contribution >= 4 is 51.3 Å². The number of β-amino-alcohol motifs (C(OH)–C–C–N with tert-alkyl or cyclic N) is 1. The number of esters is 1. The van der Waals surface area contributed by atoms with Gasteiger partial charge in [-0.05, 0) is 49.0 Å². The Bertz CT molecular complexity index is 1590. The zero-order valence-electron chi connectivity index (χ0n) is 18.5. The van der Waals surface area contributed by atoms with Crippen molar-refractivity contribution in [2.45, 2.75) is 29.8 Å². The van der Waals surface area contributed by atoms with Crippen LogP contribution >= 0.6 is 23.4 Å². The molecule has 4 aromatic heterocycles. The number of carbonyl (C=O) groups is 1. The molecule has 0 saturated carbocycles. The van der Waals surface area contributed by atoms with Crippen LogP contribution in [-0.2, 0) is 11.3 Å². The van der Waals surface area contributed by atoms with E-state index in [1.54, 1.807) is 19.2 Å². The van der Waals surface area contributed by atoms with Gasteiger partial charge in [-0.3, -0.25) is 0 Å². The van der Waals surface area contributed by atoms with Gasteiger partial charge < -0.3 is 29.5 Å². The van der Waals surface area contributed by atoms with E-state index in [-0.39, 0.29) is 12.3 Å². The molecule has 1 aromatic carbocycles. The predicted molar refractivity (Wildman–Crippen MR) is 132 cm³/mol. The molecule has 11 heteroatoms. The Labute approximate surface area is 208 Å². The second-order valence-electron chi connectivity index (χ2n) is 8.06. The molecule has 1 aliphatic heterocycles. The molecule has 178 valence electrons. The summed E-state index contributed by atoms with van der Waals surface area (Å²) in [6.45, 7) is 2.87. The van der Waals surface area contributed by atoms with Gasteiger partial charge >= 0.3 is 5.97 Å². The lowest BCUT2D eigenvalue weighted by Gasteiger charge is -2.24. The number of carbonyl (C=O) groups excluding carboxylic acids is 1. The van der Waals surface area contributed by atoms with E-state index >= 15 is 0 Å². The molecule has 0 radical (unpaired) electrons. The molecule has 1 unspecified atom stereocenters. The number of imidazole rings is 1. The highest BCUT2D eigenvalue weighted by atomic mass is 35.5. The fraction of sp³-hybridized carbons (Fsp3) is 0.208. The average Bonchev–Trinajstić information content (AvgIpc) is 3.56. The summed E-state index contributed by atoms with van der Waals surface area (Å²) in [6, 6.07) is 9.18. The standard InChI is InChI=1S/C24H20ClN5O4S/c1-2-33-23(32)22-21-12(8-27-22)19(20-15(28-21)9-26-10-16(20)31)17-5-6-18(34-17)35-24-29-13-4-3-11(25)7-14(13)30-24/h3-8,16,26-27,31H,2,9-10H2,1H3,(H,29,30). The van der Waals surface area contributed by atoms with Gasteiger partial charge in [0.15, 0.2) is 15.9 Å². The molecule has 1 atom stereocenters. The van der Waals surface area contributed by atoms with Crippen LogP contribution in [0.3, 0.4) is 0 Å². The van der Waals surface area contributed by atoms with Crippen molar-refractivity contribution in [3.8, 4) is 11.3 Å². The fourth-order valence-corrected chi connectivity index (χ4v) is 5.30. The second-order valence-corrected chi connectivity index (χ2v) is 9.49. The lowest BCUT2D eigenvalue weighted by molar-refractivity contribution is 0.0522. The van der Waals surface area contributed by atoms with Gasteiger partial charge in [0, 0.05) is 40.8 Å². The maximum Gasteiger partial charge on any atom is 0.357 e. The number of nitrogens with one attached hydrogen (secondary N) is 3. The van der Waals surface area contributed by atoms with Crippen LogP contribution in [0.25, 0.3) is 33.3 Å². The predicted octanol–water partition coefficient (Wildman–Crippen LogP) is 4.82. The Morgan fingerprint density at radius 1 is 1.31 bits per heavy atom. The van der Waals surface area contributed by atoms with Gasteiger partial charge in [0.05, 0.1) is 29.4 Å². The number of furan rings is 1. The molecule has 4 N–H and O–H groups in total. The van der Waals surface area contributed by atoms with E-state index in [4.69, 9.17) is 25.7 Å². The average molecular weight is 510 g/mol. The van der Waals surface area contributed by atoms with Gasteiger partial charge in [-0.15, -0.1) is 0 Å². The number of halogens is 1. The Balaban J connectivity index is 1.44. The number of benzene rings is 1. The maximum atomic E-state index is 12.5. The number of H-pyrrole nitrogens is 2. The van der Waals surface area contributed by atoms with Crippen molar-refractivity contribution < 1.29 is 19.1 Å². The van der Waals surface area contributed by atoms with Gasteiger partial charge in [0.25, 0.3) is 0 Å². The van der Waals surface area contributed by atoms with Crippen LogP contribution in [0, 0.1) is 0 Å². The van der Waals surface area contributed by atoms with E-state index in [2.05, 4.69) is 20.3 Å². The van der Waals surface area contributed by atoms with Crippen LogP contribution in [0.4, 0.5) is 0 Å². The number of aliphatic hydroxyl groups is 1. The first-order valence-corrected chi connectivity index (χ1v) is 12.2. The Morgan fingerprint density at radius 3 is 3.06 bits per heavy atom. The third-order valence-corrected chi connectivity index (χ3v) is 6.88. The molecule has 0 aliphatic carbocycles. The summed E-state index contributed by atoms with van der Waals surface area (Å²) in [5, 5.41) is 16.6. The largest absolute Gasteiger partial charge is 0.461 e. The van der Waals surface area contributed by atoms with E-state index in [0.29, 0.717) is 61.8 Å². The summed E-state index contributed by atoms with van der Waals surface area (Å²) in [4.78, 5) is 28.0. The second kappa shape index (κ2) is 8.72. The quantitative estimate of drug-likeness (QED) is 0.248. The molecule has 1 aliphatic rings. The minimum atomic E-state index is -0.770. The Hall–Kier alpha value is -3.31. The first-order valence-electron chi connectivity index (χ1n) is 11.0. The molecule has 0 fully saturated rings. The molecule has 5 aromatic rings. The minimum absolute atomic E-state index is 0.254. The smallest absolute Gasteiger partial charge is 0.357 e. The Kier molecular flexibility index (Phi) is 5.53. The van der Waals surface area contributed by atoms with Crippen molar-refractivity contribution in [2.24, 2.45) is 0 Å². The monoisotopic (exact) mass is 509 g/mol. The van der Waals surface area contributed by atoms with Crippen LogP contribution in [0.5, 0.6) is 0 Å². The first-order chi connectivity index (χ1) is 17.0. The van der Waals surface area contributed by atoms with Crippen LogP contribution in [0.1, 0.15) is 34.8 Å². The molecule has 0 amide bonds. The summed E-state index contributed by atoms with van der Waals surface area (Å²) in [7, 11) is 0. The topological polar surface area (TPSA) is 129 Å². The molecule has 5 heterocycles. The van der Waals surface area contributed by atoms with Crippen LogP contribution < -0.4 is 5.32 Å². The van der Waals surface area contributed by atoms with Crippen molar-refractivity contribution in [2.75, 3.05) is 13.2 Å². The summed E-state index contributed by atoms with van der Waals surface area (Å²) in [5.41, 5.74) is 4.45. The molecular formula is C24H20ClN5O4S. The van der Waals surface area contributed by atoms with Gasteiger partial charge in [-0.2, -0.15) is 0 Å². The van der Waals surface area contributed by atoms with E-state index in [1.165, 1.54) is 11.8 Å². The van der Waals surface area contributed by atoms with E-state index < -0.39 is 12.1 Å². The van der Waals surface area contributed by atoms with Gasteiger partial charge in [0.1, 0.15) is 11.3 Å². The summed E-state index contributed by atoms with van der Waals surface area (Å²) < 4.78 is 11.4. The number of pyridine rings is 1. The third-order valence-electron chi connectivity index (χ3n) is 5.84. The molecule has 0 spiro atoms. The Morgan fingerprint density at radius 2 is 2.20 bits per heavy atom. The molecular weight excluding hydrogens is 490 g/mol. The van der Waals surface area contributed by atoms with Gasteiger partial charge in [0.2, 0.25) is 0 Å². The van der Waals surface area contributed by atoms with E-state index in [1.807, 2.05) is 24.3 Å². The molecule has 35 heavy (non-hydrogen) atoms. The van der Waals surface area contributed by atoms with Crippen molar-refractivity contribution in [1.29, 1.82) is 0 Å².